The van der Waals surface area contributed by atoms with Crippen LogP contribution in [-0.4, -0.2) is 43.3 Å². The maximum Gasteiger partial charge on any atom is 0.161 e. The minimum Gasteiger partial charge on any atom is -0.486 e. The molecule has 1 N–H and O–H groups in total. The molecule has 31 heavy (non-hydrogen) atoms. The van der Waals surface area contributed by atoms with E-state index in [-0.39, 0.29) is 11.6 Å². The first-order valence-corrected chi connectivity index (χ1v) is 11.2. The fraction of sp³-hybridized carbons (Fsp3) is 0.333. The third-order valence-corrected chi connectivity index (χ3v) is 6.30. The third-order valence-electron chi connectivity index (χ3n) is 6.30. The first-order chi connectivity index (χ1) is 15.2. The molecular formula is C27H30N2O2. The van der Waals surface area contributed by atoms with Crippen molar-refractivity contribution in [3.63, 3.8) is 0 Å². The molecule has 0 aliphatic carbocycles. The van der Waals surface area contributed by atoms with Crippen molar-refractivity contribution >= 4 is 0 Å². The van der Waals surface area contributed by atoms with Crippen LogP contribution in [0.5, 0.6) is 11.5 Å². The zero-order valence-corrected chi connectivity index (χ0v) is 18.1. The molecule has 1 unspecified atom stereocenters. The molecule has 1 atom stereocenters. The number of nitrogens with zero attached hydrogens (tertiary/aromatic N) is 1. The van der Waals surface area contributed by atoms with Crippen LogP contribution >= 0.6 is 0 Å². The smallest absolute Gasteiger partial charge is 0.161 e. The summed E-state index contributed by atoms with van der Waals surface area (Å²) < 4.78 is 11.5. The Kier molecular flexibility index (Phi) is 5.66. The summed E-state index contributed by atoms with van der Waals surface area (Å²) >= 11 is 0. The van der Waals surface area contributed by atoms with E-state index in [1.54, 1.807) is 0 Å². The highest BCUT2D eigenvalue weighted by atomic mass is 16.6. The summed E-state index contributed by atoms with van der Waals surface area (Å²) in [6, 6.07) is 28.4. The predicted molar refractivity (Wildman–Crippen MR) is 124 cm³/mol. The second-order valence-electron chi connectivity index (χ2n) is 8.84. The summed E-state index contributed by atoms with van der Waals surface area (Å²) in [5.41, 5.74) is 3.94. The molecule has 0 amide bonds. The van der Waals surface area contributed by atoms with E-state index in [1.165, 1.54) is 16.7 Å². The van der Waals surface area contributed by atoms with Crippen LogP contribution in [0.3, 0.4) is 0 Å². The van der Waals surface area contributed by atoms with Gasteiger partial charge < -0.3 is 14.8 Å². The van der Waals surface area contributed by atoms with Crippen LogP contribution in [-0.2, 0) is 6.42 Å². The SMILES string of the molecule is CC1(Cc2ccc3c(c2)OCCO3)CN(C(c2ccccc2)c2ccccc2)CCN1. The zero-order valence-electron chi connectivity index (χ0n) is 18.1. The normalized spacial score (nSPS) is 21.2. The molecule has 5 rings (SSSR count). The van der Waals surface area contributed by atoms with Gasteiger partial charge in [0.05, 0.1) is 6.04 Å². The topological polar surface area (TPSA) is 33.7 Å². The Balaban J connectivity index is 1.40. The summed E-state index contributed by atoms with van der Waals surface area (Å²) in [4.78, 5) is 2.62. The zero-order chi connectivity index (χ0) is 21.1. The quantitative estimate of drug-likeness (QED) is 0.669. The summed E-state index contributed by atoms with van der Waals surface area (Å²) in [6.07, 6.45) is 0.941. The highest BCUT2D eigenvalue weighted by Gasteiger charge is 2.35. The van der Waals surface area contributed by atoms with Crippen molar-refractivity contribution in [3.8, 4) is 11.5 Å². The number of nitrogens with one attached hydrogen (secondary N) is 1. The van der Waals surface area contributed by atoms with Crippen molar-refractivity contribution in [1.29, 1.82) is 0 Å². The summed E-state index contributed by atoms with van der Waals surface area (Å²) in [5, 5.41) is 3.80. The molecule has 0 saturated carbocycles. The standard InChI is InChI=1S/C27H30N2O2/c1-27(19-21-12-13-24-25(18-21)31-17-16-30-24)20-29(15-14-28-27)26(22-8-4-2-5-9-22)23-10-6-3-7-11-23/h2-13,18,26,28H,14-17,19-20H2,1H3. The fourth-order valence-corrected chi connectivity index (χ4v) is 4.96. The number of ether oxygens (including phenoxy) is 2. The largest absolute Gasteiger partial charge is 0.486 e. The minimum atomic E-state index is -0.0240. The maximum absolute atomic E-state index is 5.81. The molecule has 3 aromatic rings. The van der Waals surface area contributed by atoms with Crippen molar-refractivity contribution < 1.29 is 9.47 Å². The van der Waals surface area contributed by atoms with Gasteiger partial charge in [-0.15, -0.1) is 0 Å². The lowest BCUT2D eigenvalue weighted by Gasteiger charge is -2.45. The van der Waals surface area contributed by atoms with Crippen LogP contribution in [0.25, 0.3) is 0 Å². The molecule has 2 aliphatic heterocycles. The van der Waals surface area contributed by atoms with E-state index in [9.17, 15) is 0 Å². The van der Waals surface area contributed by atoms with E-state index in [0.29, 0.717) is 13.2 Å². The summed E-state index contributed by atoms with van der Waals surface area (Å²) in [5.74, 6) is 1.72. The number of rotatable bonds is 5. The van der Waals surface area contributed by atoms with E-state index in [0.717, 1.165) is 37.6 Å². The summed E-state index contributed by atoms with van der Waals surface area (Å²) in [6.45, 7) is 6.54. The molecule has 1 fully saturated rings. The van der Waals surface area contributed by atoms with Gasteiger partial charge in [-0.05, 0) is 42.2 Å². The molecule has 2 aliphatic rings. The Bertz CT molecular complexity index is 969. The van der Waals surface area contributed by atoms with Gasteiger partial charge in [0.25, 0.3) is 0 Å². The first-order valence-electron chi connectivity index (χ1n) is 11.2. The molecule has 0 aromatic heterocycles. The van der Waals surface area contributed by atoms with Crippen LogP contribution in [0, 0.1) is 0 Å². The molecular weight excluding hydrogens is 384 g/mol. The maximum atomic E-state index is 5.81. The van der Waals surface area contributed by atoms with Crippen LogP contribution in [0.4, 0.5) is 0 Å². The van der Waals surface area contributed by atoms with Gasteiger partial charge in [-0.25, -0.2) is 0 Å². The second kappa shape index (κ2) is 8.74. The number of benzene rings is 3. The number of hydrogen-bond donors (Lipinski definition) is 1. The average molecular weight is 415 g/mol. The average Bonchev–Trinajstić information content (AvgIpc) is 2.80. The van der Waals surface area contributed by atoms with Crippen LogP contribution < -0.4 is 14.8 Å². The van der Waals surface area contributed by atoms with Gasteiger partial charge >= 0.3 is 0 Å². The Morgan fingerprint density at radius 1 is 0.871 bits per heavy atom. The van der Waals surface area contributed by atoms with Gasteiger partial charge in [0.2, 0.25) is 0 Å². The van der Waals surface area contributed by atoms with Crippen molar-refractivity contribution in [2.24, 2.45) is 0 Å². The van der Waals surface area contributed by atoms with Gasteiger partial charge in [-0.3, -0.25) is 4.90 Å². The molecule has 2 heterocycles. The number of hydrogen-bond acceptors (Lipinski definition) is 4. The van der Waals surface area contributed by atoms with Crippen LogP contribution in [0.1, 0.15) is 29.7 Å². The van der Waals surface area contributed by atoms with Gasteiger partial charge in [0.1, 0.15) is 13.2 Å². The lowest BCUT2D eigenvalue weighted by molar-refractivity contribution is 0.115. The van der Waals surface area contributed by atoms with E-state index in [4.69, 9.17) is 9.47 Å². The van der Waals surface area contributed by atoms with Crippen molar-refractivity contribution in [2.45, 2.75) is 24.9 Å². The minimum absolute atomic E-state index is 0.0240. The molecule has 0 radical (unpaired) electrons. The Labute approximate surface area is 184 Å². The molecule has 1 saturated heterocycles. The van der Waals surface area contributed by atoms with Gasteiger partial charge in [0, 0.05) is 25.2 Å². The Morgan fingerprint density at radius 2 is 1.52 bits per heavy atom. The first kappa shape index (κ1) is 20.1. The molecule has 0 bridgehead atoms. The van der Waals surface area contributed by atoms with Gasteiger partial charge in [-0.2, -0.15) is 0 Å². The molecule has 160 valence electrons. The monoisotopic (exact) mass is 414 g/mol. The van der Waals surface area contributed by atoms with Gasteiger partial charge in [-0.1, -0.05) is 66.7 Å². The number of piperazine rings is 1. The molecule has 0 spiro atoms. The van der Waals surface area contributed by atoms with E-state index >= 15 is 0 Å². The number of fused-ring (bicyclic) bond motifs is 1. The Hall–Kier alpha value is -2.82. The highest BCUT2D eigenvalue weighted by Crippen LogP contribution is 2.34. The lowest BCUT2D eigenvalue weighted by atomic mass is 9.88. The lowest BCUT2D eigenvalue weighted by Crippen LogP contribution is -2.60. The van der Waals surface area contributed by atoms with Crippen LogP contribution in [0.2, 0.25) is 0 Å². The van der Waals surface area contributed by atoms with Gasteiger partial charge in [0.15, 0.2) is 11.5 Å². The van der Waals surface area contributed by atoms with Crippen molar-refractivity contribution in [2.75, 3.05) is 32.8 Å². The van der Waals surface area contributed by atoms with E-state index < -0.39 is 0 Å². The predicted octanol–water partition coefficient (Wildman–Crippen LogP) is 4.45. The second-order valence-corrected chi connectivity index (χ2v) is 8.84. The highest BCUT2D eigenvalue weighted by molar-refractivity contribution is 5.44. The third kappa shape index (κ3) is 4.46. The van der Waals surface area contributed by atoms with Crippen LogP contribution in [0.15, 0.2) is 78.9 Å². The molecule has 4 heteroatoms. The van der Waals surface area contributed by atoms with Crippen molar-refractivity contribution in [3.05, 3.63) is 95.6 Å². The van der Waals surface area contributed by atoms with E-state index in [1.807, 2.05) is 6.07 Å². The fourth-order valence-electron chi connectivity index (χ4n) is 4.96. The summed E-state index contributed by atoms with van der Waals surface area (Å²) in [7, 11) is 0. The van der Waals surface area contributed by atoms with E-state index in [2.05, 4.69) is 89.9 Å². The molecule has 3 aromatic carbocycles. The molecule has 4 nitrogen and oxygen atoms in total. The Morgan fingerprint density at radius 3 is 2.19 bits per heavy atom. The van der Waals surface area contributed by atoms with Crippen molar-refractivity contribution in [1.82, 2.24) is 10.2 Å².